The Kier molecular flexibility index (Phi) is 4.54. The minimum Gasteiger partial charge on any atom is -0.355 e. The normalized spacial score (nSPS) is 38.1. The van der Waals surface area contributed by atoms with Crippen molar-refractivity contribution in [2.75, 3.05) is 6.54 Å². The monoisotopic (exact) mass is 266 g/mol. The van der Waals surface area contributed by atoms with Crippen LogP contribution in [0.4, 0.5) is 0 Å². The van der Waals surface area contributed by atoms with Gasteiger partial charge in [0.25, 0.3) is 0 Å². The summed E-state index contributed by atoms with van der Waals surface area (Å²) in [4.78, 5) is 12.4. The van der Waals surface area contributed by atoms with Gasteiger partial charge in [-0.2, -0.15) is 0 Å². The second kappa shape index (κ2) is 5.82. The van der Waals surface area contributed by atoms with E-state index in [1.165, 1.54) is 25.7 Å². The highest BCUT2D eigenvalue weighted by Gasteiger charge is 2.36. The molecule has 0 aliphatic heterocycles. The maximum Gasteiger partial charge on any atom is 0.223 e. The lowest BCUT2D eigenvalue weighted by molar-refractivity contribution is -0.128. The van der Waals surface area contributed by atoms with Crippen molar-refractivity contribution >= 4 is 5.91 Å². The fraction of sp³-hybridized carbons (Fsp3) is 0.938. The fourth-order valence-corrected chi connectivity index (χ4v) is 3.89. The standard InChI is InChI=1S/C16H30N2O/c1-11-8-12(2)14(17)9-13(11)15(19)18-10-16(3)6-4-5-7-16/h11-14H,4-10,17H2,1-3H3,(H,18,19). The highest BCUT2D eigenvalue weighted by atomic mass is 16.1. The van der Waals surface area contributed by atoms with Gasteiger partial charge < -0.3 is 11.1 Å². The Morgan fingerprint density at radius 3 is 2.47 bits per heavy atom. The van der Waals surface area contributed by atoms with Crippen LogP contribution in [0.25, 0.3) is 0 Å². The number of nitrogens with two attached hydrogens (primary N) is 1. The van der Waals surface area contributed by atoms with Gasteiger partial charge in [0.1, 0.15) is 0 Å². The summed E-state index contributed by atoms with van der Waals surface area (Å²) in [7, 11) is 0. The number of hydrogen-bond acceptors (Lipinski definition) is 2. The van der Waals surface area contributed by atoms with E-state index in [2.05, 4.69) is 26.1 Å². The number of hydrogen-bond donors (Lipinski definition) is 2. The minimum atomic E-state index is 0.121. The van der Waals surface area contributed by atoms with Crippen LogP contribution >= 0.6 is 0 Å². The average molecular weight is 266 g/mol. The Morgan fingerprint density at radius 2 is 1.84 bits per heavy atom. The Hall–Kier alpha value is -0.570. The zero-order valence-electron chi connectivity index (χ0n) is 12.7. The van der Waals surface area contributed by atoms with Gasteiger partial charge in [-0.3, -0.25) is 4.79 Å². The summed E-state index contributed by atoms with van der Waals surface area (Å²) >= 11 is 0. The third-order valence-corrected chi connectivity index (χ3v) is 5.52. The van der Waals surface area contributed by atoms with Gasteiger partial charge >= 0.3 is 0 Å². The Bertz CT molecular complexity index is 323. The van der Waals surface area contributed by atoms with Gasteiger partial charge in [-0.25, -0.2) is 0 Å². The molecule has 2 aliphatic carbocycles. The number of carbonyl (C=O) groups is 1. The largest absolute Gasteiger partial charge is 0.355 e. The molecule has 0 aromatic carbocycles. The molecule has 2 fully saturated rings. The number of nitrogens with one attached hydrogen (secondary N) is 1. The predicted molar refractivity (Wildman–Crippen MR) is 78.6 cm³/mol. The SMILES string of the molecule is CC1CC(C)C(C(=O)NCC2(C)CCCC2)CC1N. The lowest BCUT2D eigenvalue weighted by atomic mass is 9.72. The van der Waals surface area contributed by atoms with Crippen molar-refractivity contribution in [2.45, 2.75) is 65.3 Å². The van der Waals surface area contributed by atoms with E-state index in [1.54, 1.807) is 0 Å². The zero-order valence-corrected chi connectivity index (χ0v) is 12.7. The molecule has 0 saturated heterocycles. The van der Waals surface area contributed by atoms with Gasteiger partial charge in [-0.05, 0) is 42.9 Å². The minimum absolute atomic E-state index is 0.121. The summed E-state index contributed by atoms with van der Waals surface area (Å²) in [6.07, 6.45) is 7.07. The topological polar surface area (TPSA) is 55.1 Å². The second-order valence-electron chi connectivity index (χ2n) is 7.43. The molecule has 19 heavy (non-hydrogen) atoms. The van der Waals surface area contributed by atoms with Gasteiger partial charge in [0, 0.05) is 18.5 Å². The average Bonchev–Trinajstić information content (AvgIpc) is 2.78. The van der Waals surface area contributed by atoms with E-state index in [-0.39, 0.29) is 17.9 Å². The van der Waals surface area contributed by atoms with Gasteiger partial charge in [0.05, 0.1) is 0 Å². The van der Waals surface area contributed by atoms with Crippen LogP contribution < -0.4 is 11.1 Å². The van der Waals surface area contributed by atoms with Crippen molar-refractivity contribution in [3.63, 3.8) is 0 Å². The summed E-state index contributed by atoms with van der Waals surface area (Å²) in [5, 5.41) is 3.21. The molecule has 0 aromatic rings. The first-order chi connectivity index (χ1) is 8.91. The van der Waals surface area contributed by atoms with Crippen molar-refractivity contribution in [1.29, 1.82) is 0 Å². The molecule has 2 rings (SSSR count). The summed E-state index contributed by atoms with van der Waals surface area (Å²) in [6.45, 7) is 7.55. The van der Waals surface area contributed by atoms with Gasteiger partial charge in [-0.1, -0.05) is 33.6 Å². The van der Waals surface area contributed by atoms with Crippen molar-refractivity contribution < 1.29 is 4.79 Å². The number of rotatable bonds is 3. The van der Waals surface area contributed by atoms with Gasteiger partial charge in [0.2, 0.25) is 5.91 Å². The van der Waals surface area contributed by atoms with Gasteiger partial charge in [0.15, 0.2) is 0 Å². The number of carbonyl (C=O) groups excluding carboxylic acids is 1. The van der Waals surface area contributed by atoms with Crippen LogP contribution in [-0.2, 0) is 4.79 Å². The maximum absolute atomic E-state index is 12.4. The van der Waals surface area contributed by atoms with Crippen molar-refractivity contribution in [1.82, 2.24) is 5.32 Å². The fourth-order valence-electron chi connectivity index (χ4n) is 3.89. The molecule has 3 N–H and O–H groups in total. The predicted octanol–water partition coefficient (Wildman–Crippen LogP) is 2.69. The smallest absolute Gasteiger partial charge is 0.223 e. The molecular formula is C16H30N2O. The van der Waals surface area contributed by atoms with Crippen LogP contribution in [-0.4, -0.2) is 18.5 Å². The third kappa shape index (κ3) is 3.50. The summed E-state index contributed by atoms with van der Waals surface area (Å²) in [5.74, 6) is 1.37. The van der Waals surface area contributed by atoms with Crippen molar-refractivity contribution in [2.24, 2.45) is 28.9 Å². The molecule has 1 amide bonds. The van der Waals surface area contributed by atoms with E-state index in [0.717, 1.165) is 19.4 Å². The van der Waals surface area contributed by atoms with E-state index in [0.29, 0.717) is 17.3 Å². The van der Waals surface area contributed by atoms with E-state index < -0.39 is 0 Å². The van der Waals surface area contributed by atoms with E-state index >= 15 is 0 Å². The molecule has 3 nitrogen and oxygen atoms in total. The zero-order chi connectivity index (χ0) is 14.0. The Labute approximate surface area is 117 Å². The summed E-state index contributed by atoms with van der Waals surface area (Å²) in [6, 6.07) is 0.189. The van der Waals surface area contributed by atoms with Crippen LogP contribution in [0.1, 0.15) is 59.3 Å². The first kappa shape index (κ1) is 14.8. The van der Waals surface area contributed by atoms with E-state index in [4.69, 9.17) is 5.73 Å². The molecule has 0 heterocycles. The van der Waals surface area contributed by atoms with Crippen molar-refractivity contribution in [3.05, 3.63) is 0 Å². The Morgan fingerprint density at radius 1 is 1.21 bits per heavy atom. The Balaban J connectivity index is 1.85. The second-order valence-corrected chi connectivity index (χ2v) is 7.43. The highest BCUT2D eigenvalue weighted by Crippen LogP contribution is 2.37. The molecule has 110 valence electrons. The molecule has 2 saturated carbocycles. The first-order valence-corrected chi connectivity index (χ1v) is 7.94. The van der Waals surface area contributed by atoms with Crippen LogP contribution in [0.3, 0.4) is 0 Å². The van der Waals surface area contributed by atoms with Crippen LogP contribution in [0.15, 0.2) is 0 Å². The summed E-state index contributed by atoms with van der Waals surface area (Å²) < 4.78 is 0. The molecule has 4 unspecified atom stereocenters. The lowest BCUT2D eigenvalue weighted by Gasteiger charge is -2.36. The van der Waals surface area contributed by atoms with Crippen LogP contribution in [0.5, 0.6) is 0 Å². The van der Waals surface area contributed by atoms with Crippen LogP contribution in [0, 0.1) is 23.2 Å². The quantitative estimate of drug-likeness (QED) is 0.825. The van der Waals surface area contributed by atoms with Crippen molar-refractivity contribution in [3.8, 4) is 0 Å². The van der Waals surface area contributed by atoms with E-state index in [9.17, 15) is 4.79 Å². The molecule has 3 heteroatoms. The molecule has 2 aliphatic rings. The summed E-state index contributed by atoms with van der Waals surface area (Å²) in [5.41, 5.74) is 6.47. The maximum atomic E-state index is 12.4. The molecule has 0 bridgehead atoms. The lowest BCUT2D eigenvalue weighted by Crippen LogP contribution is -2.46. The molecular weight excluding hydrogens is 236 g/mol. The van der Waals surface area contributed by atoms with Crippen LogP contribution in [0.2, 0.25) is 0 Å². The molecule has 0 radical (unpaired) electrons. The third-order valence-electron chi connectivity index (χ3n) is 5.52. The molecule has 0 spiro atoms. The first-order valence-electron chi connectivity index (χ1n) is 7.94. The van der Waals surface area contributed by atoms with Gasteiger partial charge in [-0.15, -0.1) is 0 Å². The highest BCUT2D eigenvalue weighted by molar-refractivity contribution is 5.79. The molecule has 0 aromatic heterocycles. The number of amides is 1. The molecule has 4 atom stereocenters. The van der Waals surface area contributed by atoms with E-state index in [1.807, 2.05) is 0 Å².